The molecule has 0 saturated heterocycles. The van der Waals surface area contributed by atoms with Crippen LogP contribution in [0.4, 0.5) is 0 Å². The number of hydrogen-bond donors (Lipinski definition) is 2. The number of aryl methyl sites for hydroxylation is 1. The highest BCUT2D eigenvalue weighted by Gasteiger charge is 2.14. The predicted molar refractivity (Wildman–Crippen MR) is 62.3 cm³/mol. The molecule has 1 amide bonds. The van der Waals surface area contributed by atoms with Gasteiger partial charge < -0.3 is 4.74 Å². The number of carbonyl (C=O) groups excluding carboxylic acids is 1. The molecule has 0 aliphatic heterocycles. The molecule has 17 heavy (non-hydrogen) atoms. The Balaban J connectivity index is 2.84. The predicted octanol–water partition coefficient (Wildman–Crippen LogP) is 1.67. The summed E-state index contributed by atoms with van der Waals surface area (Å²) in [5.74, 6) is -0.0291. The van der Waals surface area contributed by atoms with E-state index >= 15 is 0 Å². The Morgan fingerprint density at radius 3 is 2.88 bits per heavy atom. The van der Waals surface area contributed by atoms with E-state index in [0.29, 0.717) is 27.9 Å². The summed E-state index contributed by atoms with van der Waals surface area (Å²) in [5, 5.41) is 9.33. The molecule has 2 aromatic rings. The molecule has 0 atom stereocenters. The molecule has 0 fully saturated rings. The Kier molecular flexibility index (Phi) is 2.93. The number of carbonyl (C=O) groups is 1. The van der Waals surface area contributed by atoms with Crippen LogP contribution >= 0.6 is 0 Å². The maximum atomic E-state index is 11.6. The summed E-state index contributed by atoms with van der Waals surface area (Å²) in [7, 11) is 1.52. The molecular weight excluding hydrogens is 220 g/mol. The smallest absolute Gasteiger partial charge is 0.275 e. The Morgan fingerprint density at radius 1 is 1.47 bits per heavy atom. The Hall–Kier alpha value is -2.14. The first-order valence-corrected chi connectivity index (χ1v) is 5.06. The van der Waals surface area contributed by atoms with Crippen LogP contribution < -0.4 is 10.2 Å². The lowest BCUT2D eigenvalue weighted by atomic mass is 10.1. The molecule has 1 aromatic heterocycles. The van der Waals surface area contributed by atoms with E-state index in [-0.39, 0.29) is 0 Å². The van der Waals surface area contributed by atoms with Crippen LogP contribution in [0.2, 0.25) is 0 Å². The summed E-state index contributed by atoms with van der Waals surface area (Å²) in [6.45, 7) is 1.78. The van der Waals surface area contributed by atoms with Crippen LogP contribution in [0.5, 0.6) is 5.75 Å². The zero-order valence-corrected chi connectivity index (χ0v) is 9.52. The highest BCUT2D eigenvalue weighted by atomic mass is 16.5. The average molecular weight is 232 g/mol. The van der Waals surface area contributed by atoms with E-state index in [1.165, 1.54) is 7.11 Å². The summed E-state index contributed by atoms with van der Waals surface area (Å²) >= 11 is 0. The number of nitrogens with zero attached hydrogens (tertiary/aromatic N) is 1. The summed E-state index contributed by atoms with van der Waals surface area (Å²) in [5.41, 5.74) is 3.32. The van der Waals surface area contributed by atoms with Crippen LogP contribution in [0.15, 0.2) is 24.3 Å². The van der Waals surface area contributed by atoms with Crippen molar-refractivity contribution in [2.45, 2.75) is 6.92 Å². The molecule has 1 aromatic carbocycles. The summed E-state index contributed by atoms with van der Waals surface area (Å²) in [6.07, 6.45) is 0. The second-order valence-corrected chi connectivity index (χ2v) is 3.61. The fourth-order valence-corrected chi connectivity index (χ4v) is 1.80. The topological polar surface area (TPSA) is 71.5 Å². The Morgan fingerprint density at radius 2 is 2.24 bits per heavy atom. The largest absolute Gasteiger partial charge is 0.496 e. The third kappa shape index (κ3) is 1.92. The van der Waals surface area contributed by atoms with Crippen molar-refractivity contribution in [2.75, 3.05) is 7.11 Å². The van der Waals surface area contributed by atoms with Gasteiger partial charge in [0.2, 0.25) is 0 Å². The second kappa shape index (κ2) is 4.39. The van der Waals surface area contributed by atoms with Crippen molar-refractivity contribution in [3.05, 3.63) is 35.5 Å². The van der Waals surface area contributed by atoms with E-state index in [2.05, 4.69) is 4.98 Å². The molecule has 0 saturated carbocycles. The number of fused-ring (bicyclic) bond motifs is 1. The number of hydroxylamine groups is 1. The van der Waals surface area contributed by atoms with Crippen molar-refractivity contribution in [3.63, 3.8) is 0 Å². The van der Waals surface area contributed by atoms with Gasteiger partial charge in [-0.1, -0.05) is 6.07 Å². The van der Waals surface area contributed by atoms with Gasteiger partial charge >= 0.3 is 0 Å². The Labute approximate surface area is 98.0 Å². The van der Waals surface area contributed by atoms with E-state index < -0.39 is 5.91 Å². The number of benzene rings is 1. The minimum Gasteiger partial charge on any atom is -0.496 e. The first kappa shape index (κ1) is 11.3. The lowest BCUT2D eigenvalue weighted by molar-refractivity contribution is 0.0708. The summed E-state index contributed by atoms with van der Waals surface area (Å²) in [4.78, 5) is 15.9. The minimum absolute atomic E-state index is 0.340. The van der Waals surface area contributed by atoms with Gasteiger partial charge in [0.25, 0.3) is 5.91 Å². The number of methoxy groups -OCH3 is 1. The van der Waals surface area contributed by atoms with Gasteiger partial charge in [-0.15, -0.1) is 0 Å². The molecule has 88 valence electrons. The number of aromatic nitrogens is 1. The molecular formula is C12H12N2O3. The molecule has 2 rings (SSSR count). The highest BCUT2D eigenvalue weighted by Crippen LogP contribution is 2.28. The van der Waals surface area contributed by atoms with Gasteiger partial charge in [-0.2, -0.15) is 0 Å². The molecule has 0 aliphatic rings. The lowest BCUT2D eigenvalue weighted by Crippen LogP contribution is -2.19. The normalized spacial score (nSPS) is 10.3. The van der Waals surface area contributed by atoms with Gasteiger partial charge in [0.05, 0.1) is 23.6 Å². The Bertz CT molecular complexity index is 581. The average Bonchev–Trinajstić information content (AvgIpc) is 2.35. The van der Waals surface area contributed by atoms with Crippen LogP contribution in [0.1, 0.15) is 16.1 Å². The van der Waals surface area contributed by atoms with E-state index in [1.807, 2.05) is 0 Å². The number of rotatable bonds is 2. The van der Waals surface area contributed by atoms with E-state index in [0.717, 1.165) is 0 Å². The first-order valence-electron chi connectivity index (χ1n) is 5.06. The molecule has 0 unspecified atom stereocenters. The van der Waals surface area contributed by atoms with Crippen molar-refractivity contribution in [1.29, 1.82) is 0 Å². The van der Waals surface area contributed by atoms with E-state index in [4.69, 9.17) is 9.94 Å². The van der Waals surface area contributed by atoms with Gasteiger partial charge in [-0.25, -0.2) is 5.48 Å². The monoisotopic (exact) mass is 232 g/mol. The fourth-order valence-electron chi connectivity index (χ4n) is 1.80. The van der Waals surface area contributed by atoms with Gasteiger partial charge in [-0.3, -0.25) is 15.0 Å². The van der Waals surface area contributed by atoms with E-state index in [9.17, 15) is 4.79 Å². The van der Waals surface area contributed by atoms with Crippen LogP contribution in [0, 0.1) is 6.92 Å². The fraction of sp³-hybridized carbons (Fsp3) is 0.167. The first-order chi connectivity index (χ1) is 8.17. The van der Waals surface area contributed by atoms with Crippen molar-refractivity contribution in [3.8, 4) is 5.75 Å². The van der Waals surface area contributed by atoms with E-state index in [1.54, 1.807) is 36.7 Å². The SMILES string of the molecule is COc1cccc2nc(C)cc(C(=O)NO)c12. The number of nitrogens with one attached hydrogen (secondary N) is 1. The van der Waals surface area contributed by atoms with Crippen molar-refractivity contribution >= 4 is 16.8 Å². The minimum atomic E-state index is -0.579. The van der Waals surface area contributed by atoms with Crippen molar-refractivity contribution < 1.29 is 14.7 Å². The molecule has 0 spiro atoms. The maximum absolute atomic E-state index is 11.6. The maximum Gasteiger partial charge on any atom is 0.275 e. The summed E-state index contributed by atoms with van der Waals surface area (Å²) in [6, 6.07) is 6.94. The lowest BCUT2D eigenvalue weighted by Gasteiger charge is -2.09. The zero-order valence-electron chi connectivity index (χ0n) is 9.52. The van der Waals surface area contributed by atoms with Crippen molar-refractivity contribution in [1.82, 2.24) is 10.5 Å². The van der Waals surface area contributed by atoms with Crippen LogP contribution in [-0.4, -0.2) is 23.2 Å². The molecule has 5 heteroatoms. The van der Waals surface area contributed by atoms with Crippen LogP contribution in [0.25, 0.3) is 10.9 Å². The number of hydrogen-bond acceptors (Lipinski definition) is 4. The molecule has 5 nitrogen and oxygen atoms in total. The highest BCUT2D eigenvalue weighted by molar-refractivity contribution is 6.08. The van der Waals surface area contributed by atoms with Crippen LogP contribution in [-0.2, 0) is 0 Å². The quantitative estimate of drug-likeness (QED) is 0.610. The number of ether oxygens (including phenoxy) is 1. The van der Waals surface area contributed by atoms with Crippen molar-refractivity contribution in [2.24, 2.45) is 0 Å². The number of amides is 1. The standard InChI is InChI=1S/C12H12N2O3/c1-7-6-8(12(15)14-16)11-9(13-7)4-3-5-10(11)17-2/h3-6,16H,1-2H3,(H,14,15). The van der Waals surface area contributed by atoms with Gasteiger partial charge in [0.15, 0.2) is 0 Å². The third-order valence-corrected chi connectivity index (χ3v) is 2.49. The number of pyridine rings is 1. The molecule has 1 heterocycles. The van der Waals surface area contributed by atoms with Gasteiger partial charge in [0, 0.05) is 5.69 Å². The van der Waals surface area contributed by atoms with Gasteiger partial charge in [-0.05, 0) is 25.1 Å². The van der Waals surface area contributed by atoms with Gasteiger partial charge in [0.1, 0.15) is 5.75 Å². The molecule has 0 aliphatic carbocycles. The molecule has 0 bridgehead atoms. The van der Waals surface area contributed by atoms with Crippen LogP contribution in [0.3, 0.4) is 0 Å². The summed E-state index contributed by atoms with van der Waals surface area (Å²) < 4.78 is 5.20. The molecule has 2 N–H and O–H groups in total. The molecule has 0 radical (unpaired) electrons. The second-order valence-electron chi connectivity index (χ2n) is 3.61. The zero-order chi connectivity index (χ0) is 12.4. The third-order valence-electron chi connectivity index (χ3n) is 2.49.